The SMILES string of the molecule is CC(CO)N(C)CC(O)c1ccc(C#N)cc1. The molecule has 0 saturated heterocycles. The Hall–Kier alpha value is -1.41. The van der Waals surface area contributed by atoms with Gasteiger partial charge in [-0.25, -0.2) is 0 Å². The lowest BCUT2D eigenvalue weighted by atomic mass is 10.1. The first-order chi connectivity index (χ1) is 8.08. The minimum atomic E-state index is -0.609. The molecule has 2 N–H and O–H groups in total. The van der Waals surface area contributed by atoms with E-state index < -0.39 is 6.10 Å². The number of aliphatic hydroxyl groups excluding tert-OH is 2. The molecule has 17 heavy (non-hydrogen) atoms. The minimum Gasteiger partial charge on any atom is -0.395 e. The molecule has 1 aromatic carbocycles. The molecular formula is C13H18N2O2. The molecule has 0 aliphatic rings. The highest BCUT2D eigenvalue weighted by molar-refractivity contribution is 5.32. The topological polar surface area (TPSA) is 67.5 Å². The first-order valence-corrected chi connectivity index (χ1v) is 5.57. The number of nitrogens with zero attached hydrogens (tertiary/aromatic N) is 2. The van der Waals surface area contributed by atoms with Crippen LogP contribution in [-0.4, -0.2) is 41.4 Å². The highest BCUT2D eigenvalue weighted by Gasteiger charge is 2.14. The first-order valence-electron chi connectivity index (χ1n) is 5.57. The van der Waals surface area contributed by atoms with Gasteiger partial charge in [0.1, 0.15) is 0 Å². The third kappa shape index (κ3) is 3.82. The van der Waals surface area contributed by atoms with Crippen LogP contribution in [0.2, 0.25) is 0 Å². The van der Waals surface area contributed by atoms with Gasteiger partial charge in [-0.2, -0.15) is 5.26 Å². The third-order valence-corrected chi connectivity index (χ3v) is 2.90. The lowest BCUT2D eigenvalue weighted by Gasteiger charge is -2.25. The van der Waals surface area contributed by atoms with E-state index >= 15 is 0 Å². The fraction of sp³-hybridized carbons (Fsp3) is 0.462. The van der Waals surface area contributed by atoms with E-state index in [9.17, 15) is 5.11 Å². The second-order valence-corrected chi connectivity index (χ2v) is 4.22. The van der Waals surface area contributed by atoms with Crippen LogP contribution in [0.4, 0.5) is 0 Å². The second-order valence-electron chi connectivity index (χ2n) is 4.22. The van der Waals surface area contributed by atoms with Crippen molar-refractivity contribution in [2.45, 2.75) is 19.1 Å². The number of aliphatic hydroxyl groups is 2. The smallest absolute Gasteiger partial charge is 0.0991 e. The van der Waals surface area contributed by atoms with Gasteiger partial charge in [0.2, 0.25) is 0 Å². The monoisotopic (exact) mass is 234 g/mol. The maximum absolute atomic E-state index is 9.99. The fourth-order valence-corrected chi connectivity index (χ4v) is 1.48. The molecule has 1 aromatic rings. The summed E-state index contributed by atoms with van der Waals surface area (Å²) < 4.78 is 0. The van der Waals surface area contributed by atoms with Crippen LogP contribution < -0.4 is 0 Å². The Morgan fingerprint density at radius 2 is 1.94 bits per heavy atom. The van der Waals surface area contributed by atoms with Gasteiger partial charge in [-0.1, -0.05) is 12.1 Å². The highest BCUT2D eigenvalue weighted by atomic mass is 16.3. The molecule has 0 fully saturated rings. The maximum Gasteiger partial charge on any atom is 0.0991 e. The van der Waals surface area contributed by atoms with Gasteiger partial charge in [-0.3, -0.25) is 4.90 Å². The number of likely N-dealkylation sites (N-methyl/N-ethyl adjacent to an activating group) is 1. The van der Waals surface area contributed by atoms with Gasteiger partial charge in [-0.15, -0.1) is 0 Å². The average Bonchev–Trinajstić information content (AvgIpc) is 2.37. The molecular weight excluding hydrogens is 216 g/mol. The molecule has 0 radical (unpaired) electrons. The lowest BCUT2D eigenvalue weighted by Crippen LogP contribution is -2.35. The molecule has 0 aliphatic heterocycles. The van der Waals surface area contributed by atoms with Crippen LogP contribution in [0.15, 0.2) is 24.3 Å². The zero-order valence-electron chi connectivity index (χ0n) is 10.2. The molecule has 4 heteroatoms. The van der Waals surface area contributed by atoms with Crippen LogP contribution in [0.3, 0.4) is 0 Å². The second kappa shape index (κ2) is 6.36. The van der Waals surface area contributed by atoms with Crippen molar-refractivity contribution < 1.29 is 10.2 Å². The van der Waals surface area contributed by atoms with Crippen molar-refractivity contribution in [3.63, 3.8) is 0 Å². The molecule has 4 nitrogen and oxygen atoms in total. The molecule has 92 valence electrons. The van der Waals surface area contributed by atoms with Crippen LogP contribution in [0.25, 0.3) is 0 Å². The van der Waals surface area contributed by atoms with Gasteiger partial charge in [-0.05, 0) is 31.7 Å². The molecule has 0 heterocycles. The van der Waals surface area contributed by atoms with Gasteiger partial charge in [0.25, 0.3) is 0 Å². The number of nitriles is 1. The Kier molecular flexibility index (Phi) is 5.11. The van der Waals surface area contributed by atoms with Crippen molar-refractivity contribution in [1.82, 2.24) is 4.90 Å². The number of benzene rings is 1. The van der Waals surface area contributed by atoms with Crippen LogP contribution >= 0.6 is 0 Å². The van der Waals surface area contributed by atoms with Crippen LogP contribution in [0.1, 0.15) is 24.2 Å². The van der Waals surface area contributed by atoms with Crippen molar-refractivity contribution >= 4 is 0 Å². The van der Waals surface area contributed by atoms with E-state index in [1.54, 1.807) is 24.3 Å². The van der Waals surface area contributed by atoms with Crippen molar-refractivity contribution in [3.05, 3.63) is 35.4 Å². The summed E-state index contributed by atoms with van der Waals surface area (Å²) in [4.78, 5) is 1.89. The zero-order chi connectivity index (χ0) is 12.8. The summed E-state index contributed by atoms with van der Waals surface area (Å²) in [5.74, 6) is 0. The summed E-state index contributed by atoms with van der Waals surface area (Å²) in [6.07, 6.45) is -0.609. The molecule has 0 saturated carbocycles. The normalized spacial score (nSPS) is 14.4. The molecule has 2 unspecified atom stereocenters. The molecule has 1 rings (SSSR count). The Morgan fingerprint density at radius 1 is 1.35 bits per heavy atom. The van der Waals surface area contributed by atoms with Crippen LogP contribution in [0, 0.1) is 11.3 Å². The van der Waals surface area contributed by atoms with E-state index in [2.05, 4.69) is 0 Å². The molecule has 0 amide bonds. The van der Waals surface area contributed by atoms with Crippen molar-refractivity contribution in [3.8, 4) is 6.07 Å². The predicted octanol–water partition coefficient (Wildman–Crippen LogP) is 0.904. The molecule has 2 atom stereocenters. The van der Waals surface area contributed by atoms with Gasteiger partial charge >= 0.3 is 0 Å². The Bertz CT molecular complexity index is 383. The van der Waals surface area contributed by atoms with Crippen molar-refractivity contribution in [2.75, 3.05) is 20.2 Å². The lowest BCUT2D eigenvalue weighted by molar-refractivity contribution is 0.0862. The van der Waals surface area contributed by atoms with E-state index in [1.807, 2.05) is 24.9 Å². The predicted molar refractivity (Wildman–Crippen MR) is 65.3 cm³/mol. The summed E-state index contributed by atoms with van der Waals surface area (Å²) >= 11 is 0. The first kappa shape index (κ1) is 13.7. The number of hydrogen-bond acceptors (Lipinski definition) is 4. The number of rotatable bonds is 5. The average molecular weight is 234 g/mol. The maximum atomic E-state index is 9.99. The van der Waals surface area contributed by atoms with Crippen LogP contribution in [0.5, 0.6) is 0 Å². The quantitative estimate of drug-likeness (QED) is 0.794. The van der Waals surface area contributed by atoms with Crippen LogP contribution in [-0.2, 0) is 0 Å². The Morgan fingerprint density at radius 3 is 2.41 bits per heavy atom. The molecule has 0 bridgehead atoms. The van der Waals surface area contributed by atoms with E-state index in [0.29, 0.717) is 12.1 Å². The van der Waals surface area contributed by atoms with E-state index in [1.165, 1.54) is 0 Å². The highest BCUT2D eigenvalue weighted by Crippen LogP contribution is 2.15. The molecule has 0 spiro atoms. The standard InChI is InChI=1S/C13H18N2O2/c1-10(9-16)15(2)8-13(17)12-5-3-11(7-14)4-6-12/h3-6,10,13,16-17H,8-9H2,1-2H3. The zero-order valence-corrected chi connectivity index (χ0v) is 10.2. The Balaban J connectivity index is 2.63. The summed E-state index contributed by atoms with van der Waals surface area (Å²) in [7, 11) is 1.85. The van der Waals surface area contributed by atoms with E-state index in [0.717, 1.165) is 5.56 Å². The number of hydrogen-bond donors (Lipinski definition) is 2. The van der Waals surface area contributed by atoms with Gasteiger partial charge in [0.05, 0.1) is 24.3 Å². The molecule has 0 aliphatic carbocycles. The molecule has 0 aromatic heterocycles. The third-order valence-electron chi connectivity index (χ3n) is 2.90. The van der Waals surface area contributed by atoms with Crippen molar-refractivity contribution in [1.29, 1.82) is 5.26 Å². The van der Waals surface area contributed by atoms with Gasteiger partial charge < -0.3 is 10.2 Å². The minimum absolute atomic E-state index is 0.0167. The van der Waals surface area contributed by atoms with Gasteiger partial charge in [0, 0.05) is 12.6 Å². The fourth-order valence-electron chi connectivity index (χ4n) is 1.48. The van der Waals surface area contributed by atoms with Gasteiger partial charge in [0.15, 0.2) is 0 Å². The summed E-state index contributed by atoms with van der Waals surface area (Å²) in [6.45, 7) is 2.41. The van der Waals surface area contributed by atoms with E-state index in [-0.39, 0.29) is 12.6 Å². The summed E-state index contributed by atoms with van der Waals surface area (Å²) in [5.41, 5.74) is 1.36. The summed E-state index contributed by atoms with van der Waals surface area (Å²) in [5, 5.41) is 27.7. The largest absolute Gasteiger partial charge is 0.395 e. The Labute approximate surface area is 102 Å². The summed E-state index contributed by atoms with van der Waals surface area (Å²) in [6, 6.07) is 8.93. The van der Waals surface area contributed by atoms with E-state index in [4.69, 9.17) is 10.4 Å². The van der Waals surface area contributed by atoms with Crippen molar-refractivity contribution in [2.24, 2.45) is 0 Å².